The van der Waals surface area contributed by atoms with Crippen LogP contribution >= 0.6 is 31.9 Å². The number of fused-ring (bicyclic) bond motifs is 3. The van der Waals surface area contributed by atoms with Gasteiger partial charge in [0.25, 0.3) is 0 Å². The second-order valence-electron chi connectivity index (χ2n) is 13.5. The molecule has 2 saturated heterocycles. The summed E-state index contributed by atoms with van der Waals surface area (Å²) in [7, 11) is 0. The minimum atomic E-state index is 0.0723. The summed E-state index contributed by atoms with van der Waals surface area (Å²) in [6.07, 6.45) is 12.1. The summed E-state index contributed by atoms with van der Waals surface area (Å²) in [6, 6.07) is 13.9. The maximum atomic E-state index is 5.98. The quantitative estimate of drug-likeness (QED) is 0.146. The number of rotatable bonds is 18. The van der Waals surface area contributed by atoms with E-state index in [1.807, 2.05) is 0 Å². The summed E-state index contributed by atoms with van der Waals surface area (Å²) in [6.45, 7) is 11.3. The van der Waals surface area contributed by atoms with Crippen molar-refractivity contribution in [2.75, 3.05) is 52.9 Å². The zero-order valence-electron chi connectivity index (χ0n) is 25.1. The van der Waals surface area contributed by atoms with Crippen LogP contribution in [0.5, 0.6) is 0 Å². The molecule has 0 unspecified atom stereocenters. The fourth-order valence-electron chi connectivity index (χ4n) is 6.78. The van der Waals surface area contributed by atoms with Crippen molar-refractivity contribution in [1.29, 1.82) is 0 Å². The Kier molecular flexibility index (Phi) is 11.1. The van der Waals surface area contributed by atoms with E-state index in [0.29, 0.717) is 0 Å². The molecule has 5 rings (SSSR count). The fraction of sp³-hybridized carbons (Fsp3) is 0.657. The normalized spacial score (nSPS) is 19.3. The lowest BCUT2D eigenvalue weighted by atomic mass is 9.70. The maximum absolute atomic E-state index is 5.98. The zero-order chi connectivity index (χ0) is 28.8. The van der Waals surface area contributed by atoms with Crippen LogP contribution in [0.1, 0.15) is 89.2 Å². The average molecular weight is 693 g/mol. The molecule has 0 spiro atoms. The molecule has 0 amide bonds. The van der Waals surface area contributed by atoms with Gasteiger partial charge in [-0.2, -0.15) is 0 Å². The summed E-state index contributed by atoms with van der Waals surface area (Å²) in [4.78, 5) is 0. The van der Waals surface area contributed by atoms with E-state index in [-0.39, 0.29) is 16.2 Å². The van der Waals surface area contributed by atoms with E-state index in [2.05, 4.69) is 82.1 Å². The monoisotopic (exact) mass is 690 g/mol. The molecule has 0 N–H and O–H groups in total. The van der Waals surface area contributed by atoms with E-state index in [4.69, 9.17) is 18.9 Å². The molecule has 1 aliphatic carbocycles. The van der Waals surface area contributed by atoms with Crippen LogP contribution in [-0.2, 0) is 24.4 Å². The SMILES string of the molecule is CC1(COCCCCCCC2(CCCCCCOCC3(C)COC3)c3cc(Br)ccc3-c3ccc(Br)cc32)COC1. The largest absolute Gasteiger partial charge is 0.381 e. The van der Waals surface area contributed by atoms with Gasteiger partial charge in [-0.25, -0.2) is 0 Å². The van der Waals surface area contributed by atoms with Crippen LogP contribution in [0.25, 0.3) is 11.1 Å². The van der Waals surface area contributed by atoms with Gasteiger partial charge in [0, 0.05) is 38.4 Å². The molecule has 226 valence electrons. The van der Waals surface area contributed by atoms with Crippen LogP contribution < -0.4 is 0 Å². The van der Waals surface area contributed by atoms with E-state index in [9.17, 15) is 0 Å². The third-order valence-corrected chi connectivity index (χ3v) is 10.3. The highest BCUT2D eigenvalue weighted by Crippen LogP contribution is 2.55. The molecule has 2 heterocycles. The van der Waals surface area contributed by atoms with Crippen molar-refractivity contribution >= 4 is 31.9 Å². The second kappa shape index (κ2) is 14.3. The third kappa shape index (κ3) is 7.85. The Balaban J connectivity index is 1.16. The first kappa shape index (κ1) is 31.7. The van der Waals surface area contributed by atoms with Crippen LogP contribution in [0.2, 0.25) is 0 Å². The van der Waals surface area contributed by atoms with Gasteiger partial charge in [0.05, 0.1) is 39.6 Å². The molecular weight excluding hydrogens is 644 g/mol. The van der Waals surface area contributed by atoms with Crippen LogP contribution in [-0.4, -0.2) is 52.9 Å². The average Bonchev–Trinajstić information content (AvgIpc) is 3.17. The minimum absolute atomic E-state index is 0.0723. The molecule has 2 fully saturated rings. The summed E-state index contributed by atoms with van der Waals surface area (Å²) < 4.78 is 25.0. The molecule has 2 aliphatic heterocycles. The summed E-state index contributed by atoms with van der Waals surface area (Å²) in [5.41, 5.74) is 6.42. The number of halogens is 2. The van der Waals surface area contributed by atoms with E-state index < -0.39 is 0 Å². The molecule has 0 aromatic heterocycles. The third-order valence-electron chi connectivity index (χ3n) is 9.27. The van der Waals surface area contributed by atoms with Gasteiger partial charge in [-0.1, -0.05) is 96.4 Å². The van der Waals surface area contributed by atoms with E-state index >= 15 is 0 Å². The number of hydrogen-bond acceptors (Lipinski definition) is 4. The highest BCUT2D eigenvalue weighted by molar-refractivity contribution is 9.10. The van der Waals surface area contributed by atoms with Crippen LogP contribution in [0.4, 0.5) is 0 Å². The van der Waals surface area contributed by atoms with Crippen LogP contribution in [0, 0.1) is 10.8 Å². The highest BCUT2D eigenvalue weighted by atomic mass is 79.9. The zero-order valence-corrected chi connectivity index (χ0v) is 28.3. The van der Waals surface area contributed by atoms with E-state index in [0.717, 1.165) is 65.7 Å². The molecule has 0 saturated carbocycles. The predicted molar refractivity (Wildman–Crippen MR) is 174 cm³/mol. The van der Waals surface area contributed by atoms with Gasteiger partial charge in [0.1, 0.15) is 0 Å². The standard InChI is InChI=1S/C35H48Br2O4/c1-33(23-40-24-33)21-38-17-9-5-3-7-15-35(16-8-4-6-10-18-39-22-34(2)25-41-26-34)31-19-27(36)11-13-29(31)30-14-12-28(37)20-32(30)35/h11-14,19-20H,3-10,15-18,21-26H2,1-2H3. The lowest BCUT2D eigenvalue weighted by Crippen LogP contribution is -2.43. The number of hydrogen-bond donors (Lipinski definition) is 0. The van der Waals surface area contributed by atoms with Crippen molar-refractivity contribution in [3.8, 4) is 11.1 Å². The first-order valence-corrected chi connectivity index (χ1v) is 17.3. The van der Waals surface area contributed by atoms with Crippen LogP contribution in [0.3, 0.4) is 0 Å². The Morgan fingerprint density at radius 3 is 1.41 bits per heavy atom. The molecule has 4 nitrogen and oxygen atoms in total. The lowest BCUT2D eigenvalue weighted by Gasteiger charge is -2.37. The topological polar surface area (TPSA) is 36.9 Å². The lowest BCUT2D eigenvalue weighted by molar-refractivity contribution is -0.137. The maximum Gasteiger partial charge on any atom is 0.0564 e. The van der Waals surface area contributed by atoms with Crippen molar-refractivity contribution in [1.82, 2.24) is 0 Å². The van der Waals surface area contributed by atoms with Gasteiger partial charge in [-0.3, -0.25) is 0 Å². The second-order valence-corrected chi connectivity index (χ2v) is 15.3. The van der Waals surface area contributed by atoms with Crippen molar-refractivity contribution in [3.05, 3.63) is 56.5 Å². The van der Waals surface area contributed by atoms with E-state index in [1.54, 1.807) is 0 Å². The van der Waals surface area contributed by atoms with Crippen LogP contribution in [0.15, 0.2) is 45.3 Å². The Morgan fingerprint density at radius 1 is 0.610 bits per heavy atom. The molecule has 2 aromatic carbocycles. The summed E-state index contributed by atoms with van der Waals surface area (Å²) in [5.74, 6) is 0. The fourth-order valence-corrected chi connectivity index (χ4v) is 7.50. The molecule has 41 heavy (non-hydrogen) atoms. The molecule has 0 bridgehead atoms. The van der Waals surface area contributed by atoms with Gasteiger partial charge >= 0.3 is 0 Å². The van der Waals surface area contributed by atoms with Gasteiger partial charge in [0.2, 0.25) is 0 Å². The van der Waals surface area contributed by atoms with Gasteiger partial charge in [0.15, 0.2) is 0 Å². The molecule has 2 aromatic rings. The van der Waals surface area contributed by atoms with E-state index in [1.165, 1.54) is 82.6 Å². The smallest absolute Gasteiger partial charge is 0.0564 e. The van der Waals surface area contributed by atoms with Gasteiger partial charge in [-0.15, -0.1) is 0 Å². The Labute approximate surface area is 264 Å². The molecule has 0 radical (unpaired) electrons. The van der Waals surface area contributed by atoms with Crippen molar-refractivity contribution in [3.63, 3.8) is 0 Å². The predicted octanol–water partition coefficient (Wildman–Crippen LogP) is 9.49. The minimum Gasteiger partial charge on any atom is -0.381 e. The van der Waals surface area contributed by atoms with Gasteiger partial charge in [-0.05, 0) is 72.2 Å². The van der Waals surface area contributed by atoms with Crippen molar-refractivity contribution in [2.45, 2.75) is 83.5 Å². The highest BCUT2D eigenvalue weighted by Gasteiger charge is 2.42. The molecule has 0 atom stereocenters. The Morgan fingerprint density at radius 2 is 1.02 bits per heavy atom. The number of unbranched alkanes of at least 4 members (excludes halogenated alkanes) is 6. The van der Waals surface area contributed by atoms with Gasteiger partial charge < -0.3 is 18.9 Å². The molecular formula is C35H48Br2O4. The van der Waals surface area contributed by atoms with Crippen molar-refractivity contribution < 1.29 is 18.9 Å². The molecule has 3 aliphatic rings. The summed E-state index contributed by atoms with van der Waals surface area (Å²) in [5, 5.41) is 0. The summed E-state index contributed by atoms with van der Waals surface area (Å²) >= 11 is 7.61. The molecule has 6 heteroatoms. The number of ether oxygens (including phenoxy) is 4. The first-order valence-electron chi connectivity index (χ1n) is 15.7. The van der Waals surface area contributed by atoms with Crippen molar-refractivity contribution in [2.24, 2.45) is 10.8 Å². The Bertz CT molecular complexity index is 1050. The first-order chi connectivity index (χ1) is 19.8. The number of benzene rings is 2. The Hall–Kier alpha value is -0.760.